The molecule has 0 aromatic carbocycles. The summed E-state index contributed by atoms with van der Waals surface area (Å²) >= 11 is 0. The monoisotopic (exact) mass is 264 g/mol. The van der Waals surface area contributed by atoms with Crippen molar-refractivity contribution in [1.82, 2.24) is 18.7 Å². The van der Waals surface area contributed by atoms with Crippen molar-refractivity contribution in [3.63, 3.8) is 0 Å². The standard InChI is InChI=1S/C8H3B7N4O2/c1-17-3-2(18(5(9)16-3)7(10,11)12)4(20)19(6(17)21)8(13,14)15/h1H3. The number of nitrogens with zero attached hydrogens (tertiary/aromatic N) is 4. The summed E-state index contributed by atoms with van der Waals surface area (Å²) in [5, 5.41) is -4.28. The summed E-state index contributed by atoms with van der Waals surface area (Å²) in [6.07, 6.45) is 0. The molecule has 0 fully saturated rings. The van der Waals surface area contributed by atoms with Crippen LogP contribution in [0.1, 0.15) is 0 Å². The maximum atomic E-state index is 12.5. The summed E-state index contributed by atoms with van der Waals surface area (Å²) in [6.45, 7) is 0. The Morgan fingerprint density at radius 1 is 0.952 bits per heavy atom. The molecule has 0 amide bonds. The Bertz CT molecular complexity index is 838. The van der Waals surface area contributed by atoms with E-state index in [-0.39, 0.29) is 16.9 Å². The Balaban J connectivity index is 3.16. The van der Waals surface area contributed by atoms with Gasteiger partial charge in [-0.15, -0.1) is 0 Å². The minimum absolute atomic E-state index is 0.0891. The van der Waals surface area contributed by atoms with E-state index in [1.54, 1.807) is 0 Å². The average molecular weight is 263 g/mol. The lowest BCUT2D eigenvalue weighted by Crippen LogP contribution is -2.53. The molecular weight excluding hydrogens is 260 g/mol. The Hall–Kier alpha value is -1.40. The fraction of sp³-hybridized carbons (Fsp3) is 0.375. The molecule has 13 heteroatoms. The van der Waals surface area contributed by atoms with Gasteiger partial charge in [-0.3, -0.25) is 13.9 Å². The van der Waals surface area contributed by atoms with Gasteiger partial charge in [0.25, 0.3) is 5.56 Å². The summed E-state index contributed by atoms with van der Waals surface area (Å²) in [5.74, 6) is 0. The van der Waals surface area contributed by atoms with Crippen LogP contribution in [0.25, 0.3) is 11.2 Å². The highest BCUT2D eigenvalue weighted by molar-refractivity contribution is 6.57. The third kappa shape index (κ3) is 2.36. The zero-order valence-electron chi connectivity index (χ0n) is 11.1. The predicted octanol–water partition coefficient (Wildman–Crippen LogP) is -5.16. The van der Waals surface area contributed by atoms with Crippen molar-refractivity contribution in [2.24, 2.45) is 7.05 Å². The molecule has 0 spiro atoms. The molecule has 0 aliphatic heterocycles. The molecule has 0 aliphatic carbocycles. The van der Waals surface area contributed by atoms with E-state index in [1.165, 1.54) is 7.05 Å². The second-order valence-electron chi connectivity index (χ2n) is 4.73. The van der Waals surface area contributed by atoms with Crippen molar-refractivity contribution in [2.45, 2.75) is 10.5 Å². The van der Waals surface area contributed by atoms with Gasteiger partial charge in [0.2, 0.25) is 0 Å². The summed E-state index contributed by atoms with van der Waals surface area (Å²) in [7, 11) is 39.9. The third-order valence-corrected chi connectivity index (χ3v) is 2.86. The highest BCUT2D eigenvalue weighted by atomic mass is 16.2. The molecule has 0 N–H and O–H groups in total. The molecule has 21 heavy (non-hydrogen) atoms. The molecule has 88 valence electrons. The van der Waals surface area contributed by atoms with E-state index in [4.69, 9.17) is 54.9 Å². The van der Waals surface area contributed by atoms with Crippen molar-refractivity contribution in [3.05, 3.63) is 20.8 Å². The first-order valence-electron chi connectivity index (χ1n) is 5.61. The van der Waals surface area contributed by atoms with Crippen molar-refractivity contribution >= 4 is 71.8 Å². The fourth-order valence-electron chi connectivity index (χ4n) is 2.02. The van der Waals surface area contributed by atoms with Gasteiger partial charge in [-0.05, 0) is 0 Å². The van der Waals surface area contributed by atoms with Gasteiger partial charge in [-0.2, -0.15) is 0 Å². The molecule has 2 heterocycles. The van der Waals surface area contributed by atoms with Crippen LogP contribution < -0.4 is 17.0 Å². The second kappa shape index (κ2) is 4.55. The molecule has 6 nitrogen and oxygen atoms in total. The lowest BCUT2D eigenvalue weighted by atomic mass is 9.48. The van der Waals surface area contributed by atoms with Gasteiger partial charge in [0, 0.05) is 7.05 Å². The van der Waals surface area contributed by atoms with Crippen molar-refractivity contribution < 1.29 is 0 Å². The first-order chi connectivity index (χ1) is 9.37. The zero-order valence-corrected chi connectivity index (χ0v) is 11.1. The lowest BCUT2D eigenvalue weighted by Gasteiger charge is -2.27. The quantitative estimate of drug-likeness (QED) is 0.509. The third-order valence-electron chi connectivity index (χ3n) is 2.86. The molecule has 2 aromatic rings. The summed E-state index contributed by atoms with van der Waals surface area (Å²) in [5.41, 5.74) is -2.47. The number of aromatic nitrogens is 4. The molecule has 0 unspecified atom stereocenters. The summed E-state index contributed by atoms with van der Waals surface area (Å²) in [6, 6.07) is 0. The van der Waals surface area contributed by atoms with Gasteiger partial charge in [0.15, 0.2) is 13.5 Å². The van der Waals surface area contributed by atoms with Crippen LogP contribution >= 0.6 is 0 Å². The van der Waals surface area contributed by atoms with E-state index in [0.29, 0.717) is 4.57 Å². The van der Waals surface area contributed by atoms with Crippen LogP contribution in [-0.2, 0) is 17.5 Å². The number of imidazole rings is 1. The predicted molar refractivity (Wildman–Crippen MR) is 85.1 cm³/mol. The summed E-state index contributed by atoms with van der Waals surface area (Å²) < 4.78 is 2.24. The zero-order chi connectivity index (χ0) is 16.3. The minimum Gasteiger partial charge on any atom is -0.352 e. The van der Waals surface area contributed by atoms with E-state index >= 15 is 0 Å². The van der Waals surface area contributed by atoms with Crippen LogP contribution in [0.5, 0.6) is 0 Å². The number of hydrogen-bond acceptors (Lipinski definition) is 3. The van der Waals surface area contributed by atoms with Crippen LogP contribution in [0.15, 0.2) is 9.59 Å². The van der Waals surface area contributed by atoms with Crippen molar-refractivity contribution in [1.29, 1.82) is 0 Å². The Morgan fingerprint density at radius 3 is 1.86 bits per heavy atom. The molecule has 14 radical (unpaired) electrons. The van der Waals surface area contributed by atoms with E-state index in [2.05, 4.69) is 4.98 Å². The number of fused-ring (bicyclic) bond motifs is 1. The Labute approximate surface area is 129 Å². The normalized spacial score (nSPS) is 12.8. The maximum absolute atomic E-state index is 12.5. The Morgan fingerprint density at radius 2 is 1.43 bits per heavy atom. The van der Waals surface area contributed by atoms with Crippen LogP contribution in [0.3, 0.4) is 0 Å². The fourth-order valence-corrected chi connectivity index (χ4v) is 2.02. The van der Waals surface area contributed by atoms with Crippen LogP contribution in [-0.4, -0.2) is 73.6 Å². The van der Waals surface area contributed by atoms with Crippen LogP contribution in [0, 0.1) is 0 Å². The summed E-state index contributed by atoms with van der Waals surface area (Å²) in [4.78, 5) is 28.4. The van der Waals surface area contributed by atoms with Crippen molar-refractivity contribution in [3.8, 4) is 0 Å². The first kappa shape index (κ1) is 16.0. The number of rotatable bonds is 2. The molecule has 0 aliphatic rings. The van der Waals surface area contributed by atoms with E-state index in [9.17, 15) is 9.59 Å². The molecule has 2 rings (SSSR count). The van der Waals surface area contributed by atoms with Crippen LogP contribution in [0.2, 0.25) is 0 Å². The largest absolute Gasteiger partial charge is 0.352 e. The topological polar surface area (TPSA) is 61.8 Å². The molecule has 0 saturated heterocycles. The van der Waals surface area contributed by atoms with Gasteiger partial charge < -0.3 is 4.57 Å². The van der Waals surface area contributed by atoms with Gasteiger partial charge in [-0.1, -0.05) is 10.5 Å². The molecule has 0 bridgehead atoms. The van der Waals surface area contributed by atoms with E-state index < -0.39 is 21.7 Å². The molecular formula is C8H3B7N4O2. The maximum Gasteiger partial charge on any atom is 0.330 e. The smallest absolute Gasteiger partial charge is 0.330 e. The van der Waals surface area contributed by atoms with Crippen LogP contribution in [0.4, 0.5) is 0 Å². The molecule has 2 aromatic heterocycles. The van der Waals surface area contributed by atoms with E-state index in [0.717, 1.165) is 9.13 Å². The van der Waals surface area contributed by atoms with Gasteiger partial charge in [0.05, 0.1) is 52.8 Å². The second-order valence-corrected chi connectivity index (χ2v) is 4.73. The minimum atomic E-state index is -2.25. The average Bonchev–Trinajstić information content (AvgIpc) is 2.62. The van der Waals surface area contributed by atoms with Crippen molar-refractivity contribution in [2.75, 3.05) is 0 Å². The SMILES string of the molecule is [B]c1nc2c(c(=O)n(C([B])([B])[B])c(=O)n2C)n1C([B])([B])[B]. The van der Waals surface area contributed by atoms with Gasteiger partial charge in [0.1, 0.15) is 5.52 Å². The lowest BCUT2D eigenvalue weighted by molar-refractivity contribution is 0.641. The molecule has 0 atom stereocenters. The number of aryl methyl sites for hydroxylation is 1. The Kier molecular flexibility index (Phi) is 3.46. The highest BCUT2D eigenvalue weighted by Crippen LogP contribution is 2.10. The highest BCUT2D eigenvalue weighted by Gasteiger charge is 2.26. The van der Waals surface area contributed by atoms with E-state index in [1.807, 2.05) is 0 Å². The molecule has 0 saturated carbocycles. The van der Waals surface area contributed by atoms with Gasteiger partial charge >= 0.3 is 5.69 Å². The van der Waals surface area contributed by atoms with Gasteiger partial charge in [-0.25, -0.2) is 9.78 Å². The number of hydrogen-bond donors (Lipinski definition) is 0. The first-order valence-corrected chi connectivity index (χ1v) is 5.61.